The first kappa shape index (κ1) is 26.4. The smallest absolute Gasteiger partial charge is 0.407 e. The quantitative estimate of drug-likeness (QED) is 0.350. The highest BCUT2D eigenvalue weighted by Crippen LogP contribution is 2.19. The van der Waals surface area contributed by atoms with E-state index in [9.17, 15) is 23.4 Å². The summed E-state index contributed by atoms with van der Waals surface area (Å²) in [7, 11) is -3.90. The molecule has 3 N–H and O–H groups in total. The third-order valence-electron chi connectivity index (χ3n) is 5.84. The number of carbonyl (C=O) groups is 1. The van der Waals surface area contributed by atoms with Crippen LogP contribution in [0.25, 0.3) is 0 Å². The molecule has 3 aromatic carbocycles. The Labute approximate surface area is 207 Å². The molecule has 0 unspecified atom stereocenters. The Morgan fingerprint density at radius 2 is 1.49 bits per heavy atom. The molecule has 0 radical (unpaired) electrons. The molecule has 35 heavy (non-hydrogen) atoms. The minimum atomic E-state index is -3.90. The molecule has 8 heteroatoms. The van der Waals surface area contributed by atoms with Crippen molar-refractivity contribution in [2.75, 3.05) is 6.54 Å². The normalized spacial score (nSPS) is 13.2. The molecule has 0 aliphatic rings. The van der Waals surface area contributed by atoms with Gasteiger partial charge in [0.1, 0.15) is 0 Å². The largest absolute Gasteiger partial charge is 0.465 e. The van der Waals surface area contributed by atoms with Gasteiger partial charge in [-0.2, -0.15) is 0 Å². The van der Waals surface area contributed by atoms with Crippen LogP contribution in [-0.4, -0.2) is 48.3 Å². The van der Waals surface area contributed by atoms with Gasteiger partial charge >= 0.3 is 6.09 Å². The van der Waals surface area contributed by atoms with E-state index in [0.717, 1.165) is 17.5 Å². The molecule has 0 aliphatic carbocycles. The predicted molar refractivity (Wildman–Crippen MR) is 136 cm³/mol. The zero-order valence-electron chi connectivity index (χ0n) is 19.7. The zero-order chi connectivity index (χ0) is 25.3. The Kier molecular flexibility index (Phi) is 9.42. The van der Waals surface area contributed by atoms with Crippen LogP contribution in [0.2, 0.25) is 0 Å². The molecular weight excluding hydrogens is 464 g/mol. The fourth-order valence-corrected chi connectivity index (χ4v) is 5.39. The number of nitrogens with one attached hydrogen (secondary N) is 1. The Morgan fingerprint density at radius 3 is 2.09 bits per heavy atom. The maximum atomic E-state index is 13.1. The lowest BCUT2D eigenvalue weighted by atomic mass is 9.99. The number of nitrogens with zero attached hydrogens (tertiary/aromatic N) is 1. The number of aryl methyl sites for hydroxylation is 1. The fraction of sp³-hybridized carbons (Fsp3) is 0.296. The van der Waals surface area contributed by atoms with Crippen molar-refractivity contribution in [3.63, 3.8) is 0 Å². The summed E-state index contributed by atoms with van der Waals surface area (Å²) in [5.41, 5.74) is 2.32. The SMILES string of the molecule is CCCc1ccccc1S(=O)(=O)NC[C@@H](O)[C@H](Cc1ccccc1)N(Cc1ccccc1)C(=O)O. The summed E-state index contributed by atoms with van der Waals surface area (Å²) in [6.45, 7) is 1.72. The fourth-order valence-electron chi connectivity index (χ4n) is 4.07. The summed E-state index contributed by atoms with van der Waals surface area (Å²) in [6.07, 6.45) is -0.829. The standard InChI is InChI=1S/C27H32N2O5S/c1-2-11-23-16-9-10-17-26(23)35(33,34)28-19-25(30)24(18-21-12-5-3-6-13-21)29(27(31)32)20-22-14-7-4-8-15-22/h3-10,12-17,24-25,28,30H,2,11,18-20H2,1H3,(H,31,32)/t24-,25+/m0/s1. The molecule has 0 aliphatic heterocycles. The topological polar surface area (TPSA) is 107 Å². The minimum absolute atomic E-state index is 0.0663. The van der Waals surface area contributed by atoms with E-state index in [4.69, 9.17) is 0 Å². The lowest BCUT2D eigenvalue weighted by Crippen LogP contribution is -2.51. The number of benzene rings is 3. The second kappa shape index (κ2) is 12.5. The van der Waals surface area contributed by atoms with Gasteiger partial charge in [-0.15, -0.1) is 0 Å². The molecule has 0 bridgehead atoms. The van der Waals surface area contributed by atoms with Crippen molar-refractivity contribution >= 4 is 16.1 Å². The number of hydrogen-bond acceptors (Lipinski definition) is 4. The summed E-state index contributed by atoms with van der Waals surface area (Å²) >= 11 is 0. The molecule has 0 saturated carbocycles. The van der Waals surface area contributed by atoms with Crippen LogP contribution >= 0.6 is 0 Å². The molecule has 0 fully saturated rings. The predicted octanol–water partition coefficient (Wildman–Crippen LogP) is 4.07. The van der Waals surface area contributed by atoms with Crippen molar-refractivity contribution in [2.24, 2.45) is 0 Å². The lowest BCUT2D eigenvalue weighted by molar-refractivity contribution is 0.0469. The monoisotopic (exact) mass is 496 g/mol. The summed E-state index contributed by atoms with van der Waals surface area (Å²) < 4.78 is 28.6. The molecule has 7 nitrogen and oxygen atoms in total. The first-order valence-electron chi connectivity index (χ1n) is 11.6. The van der Waals surface area contributed by atoms with Crippen LogP contribution in [0.4, 0.5) is 4.79 Å². The molecule has 1 amide bonds. The van der Waals surface area contributed by atoms with Crippen LogP contribution in [0.3, 0.4) is 0 Å². The minimum Gasteiger partial charge on any atom is -0.465 e. The summed E-state index contributed by atoms with van der Waals surface area (Å²) in [4.78, 5) is 13.6. The van der Waals surface area contributed by atoms with Gasteiger partial charge in [0.2, 0.25) is 10.0 Å². The third-order valence-corrected chi connectivity index (χ3v) is 7.36. The summed E-state index contributed by atoms with van der Waals surface area (Å²) in [5.74, 6) is 0. The summed E-state index contributed by atoms with van der Waals surface area (Å²) in [5, 5.41) is 21.1. The van der Waals surface area contributed by atoms with Gasteiger partial charge in [-0.3, -0.25) is 4.90 Å². The molecule has 186 valence electrons. The van der Waals surface area contributed by atoms with Crippen LogP contribution in [0.1, 0.15) is 30.0 Å². The molecule has 3 rings (SSSR count). The van der Waals surface area contributed by atoms with Crippen LogP contribution in [-0.2, 0) is 29.4 Å². The van der Waals surface area contributed by atoms with Crippen LogP contribution < -0.4 is 4.72 Å². The van der Waals surface area contributed by atoms with E-state index in [-0.39, 0.29) is 24.4 Å². The van der Waals surface area contributed by atoms with Crippen LogP contribution in [0.15, 0.2) is 89.8 Å². The number of sulfonamides is 1. The average Bonchev–Trinajstić information content (AvgIpc) is 2.86. The number of hydrogen-bond donors (Lipinski definition) is 3. The molecule has 3 aromatic rings. The van der Waals surface area contributed by atoms with Gasteiger partial charge < -0.3 is 10.2 Å². The van der Waals surface area contributed by atoms with Gasteiger partial charge in [0.25, 0.3) is 0 Å². The van der Waals surface area contributed by atoms with Crippen molar-refractivity contribution in [3.8, 4) is 0 Å². The average molecular weight is 497 g/mol. The van der Waals surface area contributed by atoms with Crippen molar-refractivity contribution in [1.82, 2.24) is 9.62 Å². The first-order chi connectivity index (χ1) is 16.8. The molecule has 0 aromatic heterocycles. The van der Waals surface area contributed by atoms with Gasteiger partial charge in [-0.1, -0.05) is 92.2 Å². The Balaban J connectivity index is 1.84. The van der Waals surface area contributed by atoms with Crippen molar-refractivity contribution in [3.05, 3.63) is 102 Å². The van der Waals surface area contributed by atoms with Gasteiger partial charge in [-0.25, -0.2) is 17.9 Å². The highest BCUT2D eigenvalue weighted by atomic mass is 32.2. The second-order valence-electron chi connectivity index (χ2n) is 8.43. The van der Waals surface area contributed by atoms with Gasteiger partial charge in [-0.05, 0) is 35.6 Å². The maximum absolute atomic E-state index is 13.1. The Hall–Kier alpha value is -3.20. The second-order valence-corrected chi connectivity index (χ2v) is 10.2. The number of rotatable bonds is 12. The maximum Gasteiger partial charge on any atom is 0.407 e. The van der Waals surface area contributed by atoms with E-state index in [1.165, 1.54) is 4.90 Å². The molecule has 0 saturated heterocycles. The number of amides is 1. The molecule has 2 atom stereocenters. The molecule has 0 heterocycles. The Morgan fingerprint density at radius 1 is 0.914 bits per heavy atom. The van der Waals surface area contributed by atoms with Crippen LogP contribution in [0, 0.1) is 0 Å². The Bertz CT molecular complexity index is 1190. The first-order valence-corrected chi connectivity index (χ1v) is 13.1. The van der Waals surface area contributed by atoms with Gasteiger partial charge in [0.05, 0.1) is 17.0 Å². The molecule has 0 spiro atoms. The molecular formula is C27H32N2O5S. The van der Waals surface area contributed by atoms with Crippen molar-refractivity contribution in [1.29, 1.82) is 0 Å². The summed E-state index contributed by atoms with van der Waals surface area (Å²) in [6, 6.07) is 24.3. The van der Waals surface area contributed by atoms with Gasteiger partial charge in [0.15, 0.2) is 0 Å². The van der Waals surface area contributed by atoms with Crippen molar-refractivity contribution < 1.29 is 23.4 Å². The number of aliphatic hydroxyl groups excluding tert-OH is 1. The third kappa shape index (κ3) is 7.39. The lowest BCUT2D eigenvalue weighted by Gasteiger charge is -2.33. The zero-order valence-corrected chi connectivity index (χ0v) is 20.6. The number of aliphatic hydroxyl groups is 1. The van der Waals surface area contributed by atoms with E-state index in [0.29, 0.717) is 12.0 Å². The van der Waals surface area contributed by atoms with E-state index >= 15 is 0 Å². The van der Waals surface area contributed by atoms with E-state index in [1.807, 2.05) is 67.6 Å². The van der Waals surface area contributed by atoms with Gasteiger partial charge in [0, 0.05) is 13.1 Å². The van der Waals surface area contributed by atoms with Crippen molar-refractivity contribution in [2.45, 2.75) is 49.8 Å². The highest BCUT2D eigenvalue weighted by molar-refractivity contribution is 7.89. The van der Waals surface area contributed by atoms with E-state index < -0.39 is 28.3 Å². The van der Waals surface area contributed by atoms with E-state index in [2.05, 4.69) is 4.72 Å². The highest BCUT2D eigenvalue weighted by Gasteiger charge is 2.31. The van der Waals surface area contributed by atoms with E-state index in [1.54, 1.807) is 24.3 Å². The van der Waals surface area contributed by atoms with Crippen LogP contribution in [0.5, 0.6) is 0 Å². The number of carboxylic acid groups (broad SMARTS) is 1.